The molecular formula is C43H85N2O5+. The lowest BCUT2D eigenvalue weighted by Crippen LogP contribution is -2.86. The topological polar surface area (TPSA) is 89.5 Å². The van der Waals surface area contributed by atoms with Gasteiger partial charge in [-0.2, -0.15) is 0 Å². The molecule has 0 fully saturated rings. The molecule has 0 aliphatic rings. The second kappa shape index (κ2) is 35.8. The highest BCUT2D eigenvalue weighted by molar-refractivity contribution is 5.78. The van der Waals surface area contributed by atoms with Crippen LogP contribution in [-0.4, -0.2) is 62.1 Å². The van der Waals surface area contributed by atoms with Crippen molar-refractivity contribution >= 4 is 17.8 Å². The summed E-state index contributed by atoms with van der Waals surface area (Å²) in [6, 6.07) is 0. The molecule has 3 unspecified atom stereocenters. The number of unbranched alkanes of at least 4 members (excludes halogenated alkanes) is 16. The van der Waals surface area contributed by atoms with Crippen molar-refractivity contribution in [1.82, 2.24) is 4.90 Å². The molecule has 0 aliphatic carbocycles. The first kappa shape index (κ1) is 48.4. The predicted octanol–water partition coefficient (Wildman–Crippen LogP) is 10.2. The van der Waals surface area contributed by atoms with E-state index in [1.54, 1.807) is 4.90 Å². The summed E-state index contributed by atoms with van der Waals surface area (Å²) in [7, 11) is 0. The Morgan fingerprint density at radius 2 is 0.840 bits per heavy atom. The van der Waals surface area contributed by atoms with Crippen LogP contribution in [0.25, 0.3) is 0 Å². The Kier molecular flexibility index (Phi) is 34.6. The smallest absolute Gasteiger partial charge is 0.308 e. The minimum absolute atomic E-state index is 0.0378. The Hall–Kier alpha value is -1.63. The molecule has 0 heterocycles. The van der Waals surface area contributed by atoms with Gasteiger partial charge in [-0.3, -0.25) is 14.4 Å². The van der Waals surface area contributed by atoms with Gasteiger partial charge in [0.25, 0.3) is 0 Å². The Morgan fingerprint density at radius 1 is 0.500 bits per heavy atom. The molecule has 0 spiro atoms. The SMILES string of the molecule is CCCCCCCCC(CCCCCC)C(=O)OCCN(CCOC(=O)C(CCCCCC)CCCCCCCC)C(=O)C(C)C[NH2+]CCC. The van der Waals surface area contributed by atoms with E-state index in [0.29, 0.717) is 13.1 Å². The van der Waals surface area contributed by atoms with Gasteiger partial charge in [0.2, 0.25) is 5.91 Å². The molecule has 50 heavy (non-hydrogen) atoms. The summed E-state index contributed by atoms with van der Waals surface area (Å²) in [6.45, 7) is 15.7. The zero-order chi connectivity index (χ0) is 37.1. The highest BCUT2D eigenvalue weighted by Gasteiger charge is 2.25. The molecule has 1 amide bonds. The lowest BCUT2D eigenvalue weighted by atomic mass is 9.94. The number of hydrogen-bond donors (Lipinski definition) is 1. The van der Waals surface area contributed by atoms with Gasteiger partial charge in [0.05, 0.1) is 43.9 Å². The number of nitrogens with zero attached hydrogens (tertiary/aromatic N) is 1. The highest BCUT2D eigenvalue weighted by atomic mass is 16.5. The van der Waals surface area contributed by atoms with Gasteiger partial charge in [-0.25, -0.2) is 0 Å². The zero-order valence-corrected chi connectivity index (χ0v) is 34.2. The van der Waals surface area contributed by atoms with Crippen LogP contribution in [0.1, 0.15) is 202 Å². The highest BCUT2D eigenvalue weighted by Crippen LogP contribution is 2.22. The normalized spacial score (nSPS) is 13.2. The van der Waals surface area contributed by atoms with Crippen LogP contribution in [0.2, 0.25) is 0 Å². The monoisotopic (exact) mass is 710 g/mol. The molecule has 0 saturated heterocycles. The summed E-state index contributed by atoms with van der Waals surface area (Å²) < 4.78 is 11.8. The van der Waals surface area contributed by atoms with E-state index in [2.05, 4.69) is 39.9 Å². The zero-order valence-electron chi connectivity index (χ0n) is 34.2. The summed E-state index contributed by atoms with van der Waals surface area (Å²) in [5, 5.41) is 2.19. The van der Waals surface area contributed by atoms with Gasteiger partial charge in [-0.15, -0.1) is 0 Å². The van der Waals surface area contributed by atoms with Crippen molar-refractivity contribution in [3.63, 3.8) is 0 Å². The first-order chi connectivity index (χ1) is 24.4. The van der Waals surface area contributed by atoms with Crippen LogP contribution in [0, 0.1) is 17.8 Å². The Morgan fingerprint density at radius 3 is 1.20 bits per heavy atom. The van der Waals surface area contributed by atoms with Crippen LogP contribution in [-0.2, 0) is 23.9 Å². The second-order valence-electron chi connectivity index (χ2n) is 15.1. The van der Waals surface area contributed by atoms with Crippen molar-refractivity contribution in [3.05, 3.63) is 0 Å². The largest absolute Gasteiger partial charge is 0.464 e. The molecular weight excluding hydrogens is 624 g/mol. The van der Waals surface area contributed by atoms with Crippen molar-refractivity contribution in [3.8, 4) is 0 Å². The number of hydrogen-bond acceptors (Lipinski definition) is 5. The molecule has 7 heteroatoms. The van der Waals surface area contributed by atoms with Crippen LogP contribution in [0.15, 0.2) is 0 Å². The molecule has 0 aromatic carbocycles. The number of esters is 2. The van der Waals surface area contributed by atoms with Crippen molar-refractivity contribution in [2.75, 3.05) is 39.4 Å². The summed E-state index contributed by atoms with van der Waals surface area (Å²) in [6.07, 6.45) is 28.3. The summed E-state index contributed by atoms with van der Waals surface area (Å²) in [4.78, 5) is 41.9. The van der Waals surface area contributed by atoms with Crippen LogP contribution >= 0.6 is 0 Å². The lowest BCUT2D eigenvalue weighted by molar-refractivity contribution is -0.658. The summed E-state index contributed by atoms with van der Waals surface area (Å²) >= 11 is 0. The van der Waals surface area contributed by atoms with E-state index in [4.69, 9.17) is 9.47 Å². The Balaban J connectivity index is 5.27. The van der Waals surface area contributed by atoms with Crippen LogP contribution in [0.3, 0.4) is 0 Å². The van der Waals surface area contributed by atoms with E-state index in [1.807, 2.05) is 6.92 Å². The first-order valence-corrected chi connectivity index (χ1v) is 21.8. The van der Waals surface area contributed by atoms with Crippen LogP contribution in [0.4, 0.5) is 0 Å². The third-order valence-corrected chi connectivity index (χ3v) is 10.2. The molecule has 0 bridgehead atoms. The van der Waals surface area contributed by atoms with E-state index in [-0.39, 0.29) is 48.8 Å². The minimum atomic E-state index is -0.161. The van der Waals surface area contributed by atoms with E-state index < -0.39 is 0 Å². The van der Waals surface area contributed by atoms with Gasteiger partial charge in [-0.1, -0.05) is 163 Å². The maximum Gasteiger partial charge on any atom is 0.308 e. The minimum Gasteiger partial charge on any atom is -0.464 e. The van der Waals surface area contributed by atoms with Crippen molar-refractivity contribution in [1.29, 1.82) is 0 Å². The fraction of sp³-hybridized carbons (Fsp3) is 0.930. The standard InChI is InChI=1S/C43H84N2O5/c1-7-12-16-20-22-26-30-39(28-24-18-14-9-3)42(47)49-35-33-45(41(46)38(6)37-44-32-11-5)34-36-50-43(48)40(29-25-19-15-10-4)31-27-23-21-17-13-8-2/h38-40,44H,7-37H2,1-6H3/p+1. The Bertz CT molecular complexity index is 741. The van der Waals surface area contributed by atoms with Crippen molar-refractivity contribution in [2.24, 2.45) is 17.8 Å². The maximum atomic E-state index is 13.6. The quantitative estimate of drug-likeness (QED) is 0.0512. The fourth-order valence-corrected chi connectivity index (χ4v) is 6.80. The molecule has 0 saturated carbocycles. The molecule has 0 radical (unpaired) electrons. The number of ether oxygens (including phenoxy) is 2. The fourth-order valence-electron chi connectivity index (χ4n) is 6.80. The number of carbonyl (C=O) groups excluding carboxylic acids is 3. The molecule has 0 rings (SSSR count). The third-order valence-electron chi connectivity index (χ3n) is 10.2. The summed E-state index contributed by atoms with van der Waals surface area (Å²) in [5.74, 6) is -0.474. The van der Waals surface area contributed by atoms with Gasteiger partial charge < -0.3 is 19.7 Å². The van der Waals surface area contributed by atoms with Crippen LogP contribution in [0.5, 0.6) is 0 Å². The number of nitrogens with two attached hydrogens (primary N) is 1. The van der Waals surface area contributed by atoms with E-state index >= 15 is 0 Å². The van der Waals surface area contributed by atoms with Crippen molar-refractivity contribution < 1.29 is 29.2 Å². The second-order valence-corrected chi connectivity index (χ2v) is 15.1. The maximum absolute atomic E-state index is 13.6. The molecule has 0 aromatic heterocycles. The summed E-state index contributed by atoms with van der Waals surface area (Å²) in [5.41, 5.74) is 0. The molecule has 0 aliphatic heterocycles. The van der Waals surface area contributed by atoms with E-state index in [1.165, 1.54) is 89.9 Å². The number of amides is 1. The lowest BCUT2D eigenvalue weighted by Gasteiger charge is -2.26. The van der Waals surface area contributed by atoms with Crippen molar-refractivity contribution in [2.45, 2.75) is 202 Å². The van der Waals surface area contributed by atoms with Gasteiger partial charge in [0.15, 0.2) is 0 Å². The average Bonchev–Trinajstić information content (AvgIpc) is 3.11. The van der Waals surface area contributed by atoms with Crippen LogP contribution < -0.4 is 5.32 Å². The number of rotatable bonds is 37. The molecule has 2 N–H and O–H groups in total. The Labute approximate surface area is 310 Å². The number of carbonyl (C=O) groups is 3. The molecule has 3 atom stereocenters. The predicted molar refractivity (Wildman–Crippen MR) is 210 cm³/mol. The molecule has 0 aromatic rings. The van der Waals surface area contributed by atoms with E-state index in [9.17, 15) is 14.4 Å². The van der Waals surface area contributed by atoms with Gasteiger partial charge in [0, 0.05) is 0 Å². The molecule has 296 valence electrons. The number of quaternary nitrogens is 1. The third kappa shape index (κ3) is 27.1. The van der Waals surface area contributed by atoms with Gasteiger partial charge >= 0.3 is 11.9 Å². The van der Waals surface area contributed by atoms with E-state index in [0.717, 1.165) is 83.7 Å². The molecule has 7 nitrogen and oxygen atoms in total. The first-order valence-electron chi connectivity index (χ1n) is 21.8. The van der Waals surface area contributed by atoms with Gasteiger partial charge in [0.1, 0.15) is 13.2 Å². The van der Waals surface area contributed by atoms with Gasteiger partial charge in [-0.05, 0) is 39.0 Å². The average molecular weight is 710 g/mol.